The Labute approximate surface area is 159 Å². The molecule has 0 unspecified atom stereocenters. The molecule has 2 atom stereocenters. The lowest BCUT2D eigenvalue weighted by Crippen LogP contribution is -2.49. The minimum Gasteiger partial charge on any atom is -0.376 e. The molecule has 0 radical (unpaired) electrons. The first-order chi connectivity index (χ1) is 13.2. The summed E-state index contributed by atoms with van der Waals surface area (Å²) in [7, 11) is 0. The van der Waals surface area contributed by atoms with Gasteiger partial charge in [0.25, 0.3) is 0 Å². The average Bonchev–Trinajstić information content (AvgIpc) is 3.02. The van der Waals surface area contributed by atoms with Gasteiger partial charge in [-0.3, -0.25) is 9.59 Å². The van der Waals surface area contributed by atoms with E-state index in [0.29, 0.717) is 12.2 Å². The van der Waals surface area contributed by atoms with Crippen molar-refractivity contribution in [1.82, 2.24) is 5.32 Å². The Kier molecular flexibility index (Phi) is 5.42. The SMILES string of the molecule is O=C(C[C@](O)(c1ccccc1)C(F)(F)F)N[C@H]1CCN(c2ccccc2)C1=O. The quantitative estimate of drug-likeness (QED) is 0.822. The smallest absolute Gasteiger partial charge is 0.376 e. The van der Waals surface area contributed by atoms with Crippen molar-refractivity contribution < 1.29 is 27.9 Å². The molecule has 5 nitrogen and oxygen atoms in total. The standard InChI is InChI=1S/C20H19F3N2O3/c21-20(22,23)19(28,14-7-3-1-4-8-14)13-17(26)24-16-11-12-25(18(16)27)15-9-5-2-6-10-15/h1-10,16,28H,11-13H2,(H,24,26)/t16-,19-/m0/s1. The first-order valence-corrected chi connectivity index (χ1v) is 8.73. The van der Waals surface area contributed by atoms with Crippen LogP contribution in [-0.4, -0.2) is 35.7 Å². The van der Waals surface area contributed by atoms with Crippen molar-refractivity contribution in [2.24, 2.45) is 0 Å². The zero-order chi connectivity index (χ0) is 20.4. The van der Waals surface area contributed by atoms with E-state index in [9.17, 15) is 27.9 Å². The van der Waals surface area contributed by atoms with Gasteiger partial charge < -0.3 is 15.3 Å². The summed E-state index contributed by atoms with van der Waals surface area (Å²) in [6.45, 7) is 0.343. The number of halogens is 3. The summed E-state index contributed by atoms with van der Waals surface area (Å²) in [5, 5.41) is 12.6. The van der Waals surface area contributed by atoms with Crippen molar-refractivity contribution in [1.29, 1.82) is 0 Å². The first-order valence-electron chi connectivity index (χ1n) is 8.73. The molecule has 2 aromatic rings. The van der Waals surface area contributed by atoms with Gasteiger partial charge in [-0.15, -0.1) is 0 Å². The highest BCUT2D eigenvalue weighted by molar-refractivity contribution is 6.01. The summed E-state index contributed by atoms with van der Waals surface area (Å²) < 4.78 is 40.6. The maximum absolute atomic E-state index is 13.5. The fourth-order valence-electron chi connectivity index (χ4n) is 3.24. The molecule has 1 fully saturated rings. The zero-order valence-electron chi connectivity index (χ0n) is 14.8. The van der Waals surface area contributed by atoms with E-state index < -0.39 is 41.6 Å². The Morgan fingerprint density at radius 1 is 1.07 bits per heavy atom. The molecular formula is C20H19F3N2O3. The molecule has 3 rings (SSSR count). The van der Waals surface area contributed by atoms with E-state index in [1.165, 1.54) is 23.1 Å². The predicted octanol–water partition coefficient (Wildman–Crippen LogP) is 2.75. The minimum absolute atomic E-state index is 0.273. The summed E-state index contributed by atoms with van der Waals surface area (Å²) >= 11 is 0. The molecule has 2 amide bonds. The third-order valence-electron chi connectivity index (χ3n) is 4.75. The number of anilines is 1. The number of aliphatic hydroxyl groups is 1. The van der Waals surface area contributed by atoms with Crippen LogP contribution in [0.2, 0.25) is 0 Å². The van der Waals surface area contributed by atoms with Gasteiger partial charge in [-0.2, -0.15) is 13.2 Å². The molecular weight excluding hydrogens is 373 g/mol. The van der Waals surface area contributed by atoms with Crippen LogP contribution in [0.5, 0.6) is 0 Å². The van der Waals surface area contributed by atoms with E-state index in [4.69, 9.17) is 0 Å². The predicted molar refractivity (Wildman–Crippen MR) is 96.4 cm³/mol. The van der Waals surface area contributed by atoms with E-state index in [0.717, 1.165) is 12.1 Å². The largest absolute Gasteiger partial charge is 0.421 e. The molecule has 2 N–H and O–H groups in total. The van der Waals surface area contributed by atoms with Crippen LogP contribution in [-0.2, 0) is 15.2 Å². The first kappa shape index (κ1) is 19.9. The highest BCUT2D eigenvalue weighted by Gasteiger charge is 2.56. The van der Waals surface area contributed by atoms with Crippen molar-refractivity contribution in [2.45, 2.75) is 30.7 Å². The molecule has 1 heterocycles. The number of hydrogen-bond acceptors (Lipinski definition) is 3. The van der Waals surface area contributed by atoms with Gasteiger partial charge in [0.1, 0.15) is 6.04 Å². The van der Waals surface area contributed by atoms with E-state index in [1.54, 1.807) is 30.3 Å². The Balaban J connectivity index is 1.71. The second kappa shape index (κ2) is 7.63. The normalized spacial score (nSPS) is 19.4. The van der Waals surface area contributed by atoms with Gasteiger partial charge in [-0.05, 0) is 24.1 Å². The number of rotatable bonds is 5. The fraction of sp³-hybridized carbons (Fsp3) is 0.300. The van der Waals surface area contributed by atoms with Crippen LogP contribution in [0.3, 0.4) is 0 Å². The summed E-state index contributed by atoms with van der Waals surface area (Å²) in [4.78, 5) is 26.3. The Bertz CT molecular complexity index is 843. The van der Waals surface area contributed by atoms with Gasteiger partial charge in [0, 0.05) is 12.2 Å². The van der Waals surface area contributed by atoms with Crippen molar-refractivity contribution in [3.8, 4) is 0 Å². The molecule has 0 bridgehead atoms. The van der Waals surface area contributed by atoms with Crippen LogP contribution in [0, 0.1) is 0 Å². The second-order valence-electron chi connectivity index (χ2n) is 6.64. The summed E-state index contributed by atoms with van der Waals surface area (Å²) in [6.07, 6.45) is -6.01. The molecule has 1 aliphatic heterocycles. The summed E-state index contributed by atoms with van der Waals surface area (Å²) in [5.41, 5.74) is -3.11. The molecule has 0 aliphatic carbocycles. The lowest BCUT2D eigenvalue weighted by Gasteiger charge is -2.30. The molecule has 0 saturated carbocycles. The van der Waals surface area contributed by atoms with Crippen molar-refractivity contribution in [3.05, 3.63) is 66.2 Å². The fourth-order valence-corrected chi connectivity index (χ4v) is 3.24. The number of nitrogens with zero attached hydrogens (tertiary/aromatic N) is 1. The van der Waals surface area contributed by atoms with Crippen LogP contribution in [0.25, 0.3) is 0 Å². The molecule has 1 saturated heterocycles. The average molecular weight is 392 g/mol. The highest BCUT2D eigenvalue weighted by atomic mass is 19.4. The Hall–Kier alpha value is -2.87. The van der Waals surface area contributed by atoms with Crippen LogP contribution < -0.4 is 10.2 Å². The number of amides is 2. The summed E-state index contributed by atoms with van der Waals surface area (Å²) in [6, 6.07) is 14.3. The molecule has 0 spiro atoms. The van der Waals surface area contributed by atoms with Gasteiger partial charge in [0.15, 0.2) is 5.60 Å². The highest BCUT2D eigenvalue weighted by Crippen LogP contribution is 2.41. The van der Waals surface area contributed by atoms with E-state index in [2.05, 4.69) is 5.32 Å². The van der Waals surface area contributed by atoms with Crippen molar-refractivity contribution in [3.63, 3.8) is 0 Å². The van der Waals surface area contributed by atoms with Gasteiger partial charge >= 0.3 is 6.18 Å². The third-order valence-corrected chi connectivity index (χ3v) is 4.75. The minimum atomic E-state index is -5.05. The maximum Gasteiger partial charge on any atom is 0.421 e. The number of benzene rings is 2. The lowest BCUT2D eigenvalue weighted by molar-refractivity contribution is -0.267. The monoisotopic (exact) mass is 392 g/mol. The van der Waals surface area contributed by atoms with Crippen LogP contribution >= 0.6 is 0 Å². The van der Waals surface area contributed by atoms with E-state index >= 15 is 0 Å². The summed E-state index contributed by atoms with van der Waals surface area (Å²) in [5.74, 6) is -1.44. The maximum atomic E-state index is 13.5. The number of hydrogen-bond donors (Lipinski definition) is 2. The van der Waals surface area contributed by atoms with Crippen LogP contribution in [0.4, 0.5) is 18.9 Å². The molecule has 28 heavy (non-hydrogen) atoms. The zero-order valence-corrected chi connectivity index (χ0v) is 14.8. The molecule has 2 aromatic carbocycles. The van der Waals surface area contributed by atoms with E-state index in [-0.39, 0.29) is 6.42 Å². The topological polar surface area (TPSA) is 69.6 Å². The van der Waals surface area contributed by atoms with Gasteiger partial charge in [0.2, 0.25) is 11.8 Å². The van der Waals surface area contributed by atoms with Crippen LogP contribution in [0.1, 0.15) is 18.4 Å². The number of para-hydroxylation sites is 1. The number of carbonyl (C=O) groups is 2. The van der Waals surface area contributed by atoms with Gasteiger partial charge in [-0.25, -0.2) is 0 Å². The number of carbonyl (C=O) groups excluding carboxylic acids is 2. The van der Waals surface area contributed by atoms with Crippen molar-refractivity contribution >= 4 is 17.5 Å². The molecule has 8 heteroatoms. The van der Waals surface area contributed by atoms with Gasteiger partial charge in [0.05, 0.1) is 6.42 Å². The Morgan fingerprint density at radius 2 is 1.64 bits per heavy atom. The Morgan fingerprint density at radius 3 is 2.21 bits per heavy atom. The van der Waals surface area contributed by atoms with Crippen molar-refractivity contribution in [2.75, 3.05) is 11.4 Å². The number of alkyl halides is 3. The van der Waals surface area contributed by atoms with E-state index in [1.807, 2.05) is 0 Å². The van der Waals surface area contributed by atoms with Gasteiger partial charge in [-0.1, -0.05) is 48.5 Å². The molecule has 1 aliphatic rings. The lowest BCUT2D eigenvalue weighted by atomic mass is 9.89. The number of nitrogens with one attached hydrogen (secondary N) is 1. The second-order valence-corrected chi connectivity index (χ2v) is 6.64. The van der Waals surface area contributed by atoms with Crippen LogP contribution in [0.15, 0.2) is 60.7 Å². The third kappa shape index (κ3) is 3.87. The molecule has 148 valence electrons. The molecule has 0 aromatic heterocycles.